The summed E-state index contributed by atoms with van der Waals surface area (Å²) in [6, 6.07) is 5.61. The SMILES string of the molecule is CCOC(=O)C1Cc2ccc(Br)cc2NC1=O. The fraction of sp³-hybridized carbons (Fsp3) is 0.333. The van der Waals surface area contributed by atoms with E-state index in [1.165, 1.54) is 0 Å². The summed E-state index contributed by atoms with van der Waals surface area (Å²) >= 11 is 3.34. The van der Waals surface area contributed by atoms with E-state index < -0.39 is 11.9 Å². The van der Waals surface area contributed by atoms with Crippen molar-refractivity contribution in [3.05, 3.63) is 28.2 Å². The lowest BCUT2D eigenvalue weighted by atomic mass is 9.93. The summed E-state index contributed by atoms with van der Waals surface area (Å²) in [4.78, 5) is 23.4. The smallest absolute Gasteiger partial charge is 0.318 e. The van der Waals surface area contributed by atoms with Crippen molar-refractivity contribution in [1.82, 2.24) is 0 Å². The van der Waals surface area contributed by atoms with Gasteiger partial charge >= 0.3 is 5.97 Å². The van der Waals surface area contributed by atoms with Crippen molar-refractivity contribution in [3.63, 3.8) is 0 Å². The van der Waals surface area contributed by atoms with Gasteiger partial charge in [-0.25, -0.2) is 0 Å². The van der Waals surface area contributed by atoms with Gasteiger partial charge in [-0.3, -0.25) is 9.59 Å². The van der Waals surface area contributed by atoms with Crippen LogP contribution in [0.1, 0.15) is 12.5 Å². The summed E-state index contributed by atoms with van der Waals surface area (Å²) in [5.41, 5.74) is 1.70. The topological polar surface area (TPSA) is 55.4 Å². The number of esters is 1. The first-order valence-corrected chi connectivity index (χ1v) is 6.17. The van der Waals surface area contributed by atoms with Gasteiger partial charge in [0, 0.05) is 10.2 Å². The molecule has 4 nitrogen and oxygen atoms in total. The summed E-state index contributed by atoms with van der Waals surface area (Å²) in [7, 11) is 0. The summed E-state index contributed by atoms with van der Waals surface area (Å²) in [5, 5.41) is 2.72. The highest BCUT2D eigenvalue weighted by Crippen LogP contribution is 2.28. The number of fused-ring (bicyclic) bond motifs is 1. The number of hydrogen-bond acceptors (Lipinski definition) is 3. The fourth-order valence-corrected chi connectivity index (χ4v) is 2.17. The minimum absolute atomic E-state index is 0.288. The zero-order chi connectivity index (χ0) is 12.4. The van der Waals surface area contributed by atoms with E-state index in [2.05, 4.69) is 21.2 Å². The molecule has 0 fully saturated rings. The largest absolute Gasteiger partial charge is 0.465 e. The Kier molecular flexibility index (Phi) is 3.47. The van der Waals surface area contributed by atoms with Gasteiger partial charge in [0.05, 0.1) is 6.61 Å². The van der Waals surface area contributed by atoms with Crippen LogP contribution in [0, 0.1) is 5.92 Å². The Labute approximate surface area is 107 Å². The third kappa shape index (κ3) is 2.49. The Balaban J connectivity index is 2.24. The van der Waals surface area contributed by atoms with E-state index in [-0.39, 0.29) is 12.5 Å². The molecule has 0 bridgehead atoms. The van der Waals surface area contributed by atoms with Crippen molar-refractivity contribution >= 4 is 33.5 Å². The maximum Gasteiger partial charge on any atom is 0.318 e. The van der Waals surface area contributed by atoms with Crippen LogP contribution < -0.4 is 5.32 Å². The van der Waals surface area contributed by atoms with Crippen molar-refractivity contribution in [2.75, 3.05) is 11.9 Å². The highest BCUT2D eigenvalue weighted by atomic mass is 79.9. The number of halogens is 1. The molecule has 17 heavy (non-hydrogen) atoms. The molecule has 1 atom stereocenters. The average molecular weight is 298 g/mol. The number of hydrogen-bond donors (Lipinski definition) is 1. The fourth-order valence-electron chi connectivity index (χ4n) is 1.81. The van der Waals surface area contributed by atoms with Crippen molar-refractivity contribution in [1.29, 1.82) is 0 Å². The number of carbonyl (C=O) groups excluding carboxylic acids is 2. The second-order valence-corrected chi connectivity index (χ2v) is 4.72. The van der Waals surface area contributed by atoms with E-state index in [0.29, 0.717) is 6.42 Å². The molecule has 1 amide bonds. The first-order valence-electron chi connectivity index (χ1n) is 5.37. The summed E-state index contributed by atoms with van der Waals surface area (Å²) in [6.07, 6.45) is 0.396. The van der Waals surface area contributed by atoms with Gasteiger partial charge in [-0.2, -0.15) is 0 Å². The number of carbonyl (C=O) groups is 2. The van der Waals surface area contributed by atoms with Crippen LogP contribution in [-0.4, -0.2) is 18.5 Å². The first kappa shape index (κ1) is 12.1. The standard InChI is InChI=1S/C12H12BrNO3/c1-2-17-12(16)9-5-7-3-4-8(13)6-10(7)14-11(9)15/h3-4,6,9H,2,5H2,1H3,(H,14,15). The Bertz CT molecular complexity index is 473. The number of amides is 1. The highest BCUT2D eigenvalue weighted by Gasteiger charge is 2.33. The maximum atomic E-state index is 11.8. The molecule has 2 rings (SSSR count). The number of rotatable bonds is 2. The molecular formula is C12H12BrNO3. The van der Waals surface area contributed by atoms with E-state index in [1.807, 2.05) is 18.2 Å². The summed E-state index contributed by atoms with van der Waals surface area (Å²) in [6.45, 7) is 2.01. The molecular weight excluding hydrogens is 286 g/mol. The van der Waals surface area contributed by atoms with Crippen molar-refractivity contribution < 1.29 is 14.3 Å². The van der Waals surface area contributed by atoms with E-state index >= 15 is 0 Å². The molecule has 1 aromatic rings. The van der Waals surface area contributed by atoms with E-state index in [4.69, 9.17) is 4.74 Å². The molecule has 1 aliphatic rings. The van der Waals surface area contributed by atoms with Gasteiger partial charge in [-0.1, -0.05) is 22.0 Å². The highest BCUT2D eigenvalue weighted by molar-refractivity contribution is 9.10. The molecule has 0 saturated heterocycles. The molecule has 1 aliphatic heterocycles. The van der Waals surface area contributed by atoms with Crippen LogP contribution in [0.2, 0.25) is 0 Å². The molecule has 1 unspecified atom stereocenters. The third-order valence-electron chi connectivity index (χ3n) is 2.64. The summed E-state index contributed by atoms with van der Waals surface area (Å²) in [5.74, 6) is -1.49. The van der Waals surface area contributed by atoms with Crippen LogP contribution in [0.5, 0.6) is 0 Å². The van der Waals surface area contributed by atoms with Gasteiger partial charge in [-0.05, 0) is 31.0 Å². The lowest BCUT2D eigenvalue weighted by Gasteiger charge is -2.23. The molecule has 0 aliphatic carbocycles. The predicted molar refractivity (Wildman–Crippen MR) is 66.6 cm³/mol. The molecule has 5 heteroatoms. The lowest BCUT2D eigenvalue weighted by Crippen LogP contribution is -2.36. The Hall–Kier alpha value is -1.36. The van der Waals surface area contributed by atoms with E-state index in [0.717, 1.165) is 15.7 Å². The Morgan fingerprint density at radius 1 is 1.59 bits per heavy atom. The quantitative estimate of drug-likeness (QED) is 0.672. The van der Waals surface area contributed by atoms with Crippen LogP contribution in [0.25, 0.3) is 0 Å². The predicted octanol–water partition coefficient (Wildman–Crippen LogP) is 2.12. The molecule has 0 saturated carbocycles. The number of anilines is 1. The second kappa shape index (κ2) is 4.87. The molecule has 0 radical (unpaired) electrons. The van der Waals surface area contributed by atoms with Crippen LogP contribution in [0.15, 0.2) is 22.7 Å². The second-order valence-electron chi connectivity index (χ2n) is 3.80. The van der Waals surface area contributed by atoms with Crippen LogP contribution >= 0.6 is 15.9 Å². The minimum atomic E-state index is -0.733. The third-order valence-corrected chi connectivity index (χ3v) is 3.13. The van der Waals surface area contributed by atoms with Crippen LogP contribution in [0.4, 0.5) is 5.69 Å². The molecule has 1 N–H and O–H groups in total. The van der Waals surface area contributed by atoms with E-state index in [1.54, 1.807) is 6.92 Å². The minimum Gasteiger partial charge on any atom is -0.465 e. The number of ether oxygens (including phenoxy) is 1. The van der Waals surface area contributed by atoms with Gasteiger partial charge < -0.3 is 10.1 Å². The van der Waals surface area contributed by atoms with Gasteiger partial charge in [0.1, 0.15) is 5.92 Å². The van der Waals surface area contributed by atoms with Gasteiger partial charge in [0.15, 0.2) is 0 Å². The molecule has 1 aromatic carbocycles. The van der Waals surface area contributed by atoms with Gasteiger partial charge in [0.2, 0.25) is 5.91 Å². The molecule has 0 aromatic heterocycles. The molecule has 0 spiro atoms. The molecule has 90 valence electrons. The summed E-state index contributed by atoms with van der Waals surface area (Å²) < 4.78 is 5.78. The Morgan fingerprint density at radius 3 is 3.06 bits per heavy atom. The van der Waals surface area contributed by atoms with Crippen LogP contribution in [-0.2, 0) is 20.7 Å². The van der Waals surface area contributed by atoms with E-state index in [9.17, 15) is 9.59 Å². The zero-order valence-electron chi connectivity index (χ0n) is 9.33. The van der Waals surface area contributed by atoms with Gasteiger partial charge in [-0.15, -0.1) is 0 Å². The maximum absolute atomic E-state index is 11.8. The zero-order valence-corrected chi connectivity index (χ0v) is 10.9. The molecule has 1 heterocycles. The average Bonchev–Trinajstić information content (AvgIpc) is 2.28. The number of benzene rings is 1. The van der Waals surface area contributed by atoms with Crippen molar-refractivity contribution in [3.8, 4) is 0 Å². The number of nitrogens with one attached hydrogen (secondary N) is 1. The Morgan fingerprint density at radius 2 is 2.35 bits per heavy atom. The first-order chi connectivity index (χ1) is 8.11. The normalized spacial score (nSPS) is 18.2. The lowest BCUT2D eigenvalue weighted by molar-refractivity contribution is -0.151. The van der Waals surface area contributed by atoms with Crippen molar-refractivity contribution in [2.24, 2.45) is 5.92 Å². The monoisotopic (exact) mass is 297 g/mol. The van der Waals surface area contributed by atoms with Crippen LogP contribution in [0.3, 0.4) is 0 Å². The van der Waals surface area contributed by atoms with Gasteiger partial charge in [0.25, 0.3) is 0 Å². The van der Waals surface area contributed by atoms with Crippen molar-refractivity contribution in [2.45, 2.75) is 13.3 Å².